The van der Waals surface area contributed by atoms with Crippen LogP contribution in [-0.4, -0.2) is 55.3 Å². The second-order valence-corrected chi connectivity index (χ2v) is 8.37. The molecule has 6 nitrogen and oxygen atoms in total. The van der Waals surface area contributed by atoms with E-state index in [1.54, 1.807) is 24.3 Å². The first-order chi connectivity index (χ1) is 13.4. The van der Waals surface area contributed by atoms with Crippen molar-refractivity contribution in [1.29, 1.82) is 0 Å². The number of likely N-dealkylation sites (tertiary alicyclic amines) is 1. The van der Waals surface area contributed by atoms with Crippen LogP contribution in [-0.2, 0) is 14.3 Å². The van der Waals surface area contributed by atoms with Crippen molar-refractivity contribution in [3.05, 3.63) is 34.9 Å². The van der Waals surface area contributed by atoms with Crippen LogP contribution in [0.25, 0.3) is 0 Å². The Hall–Kier alpha value is -1.63. The van der Waals surface area contributed by atoms with Crippen molar-refractivity contribution in [3.8, 4) is 0 Å². The first kappa shape index (κ1) is 21.1. The number of amides is 2. The van der Waals surface area contributed by atoms with Crippen molar-refractivity contribution in [2.75, 3.05) is 26.3 Å². The minimum absolute atomic E-state index is 0.0114. The Kier molecular flexibility index (Phi) is 7.32. The van der Waals surface area contributed by atoms with Crippen molar-refractivity contribution < 1.29 is 19.1 Å². The fourth-order valence-electron chi connectivity index (χ4n) is 3.80. The summed E-state index contributed by atoms with van der Waals surface area (Å²) in [5, 5.41) is 3.50. The number of halogens is 1. The van der Waals surface area contributed by atoms with Crippen molar-refractivity contribution in [2.45, 2.75) is 45.4 Å². The molecule has 1 N–H and O–H groups in total. The van der Waals surface area contributed by atoms with Crippen molar-refractivity contribution >= 4 is 23.4 Å². The van der Waals surface area contributed by atoms with E-state index in [0.29, 0.717) is 49.2 Å². The number of benzene rings is 1. The molecule has 28 heavy (non-hydrogen) atoms. The standard InChI is InChI=1S/C21H29ClN2O4/c1-14(2)13-18(23-19(25)15-3-5-17(22)6-4-15)20(26)24-9-7-16(8-10-24)21-27-11-12-28-21/h3-6,14,16,18,21H,7-13H2,1-2H3,(H,23,25). The average molecular weight is 409 g/mol. The zero-order valence-electron chi connectivity index (χ0n) is 16.5. The Balaban J connectivity index is 1.60. The van der Waals surface area contributed by atoms with Gasteiger partial charge in [0.05, 0.1) is 13.2 Å². The highest BCUT2D eigenvalue weighted by Crippen LogP contribution is 2.26. The molecule has 2 aliphatic heterocycles. The van der Waals surface area contributed by atoms with Crippen molar-refractivity contribution in [1.82, 2.24) is 10.2 Å². The van der Waals surface area contributed by atoms with Gasteiger partial charge in [-0.3, -0.25) is 9.59 Å². The number of piperidine rings is 1. The van der Waals surface area contributed by atoms with Crippen LogP contribution in [0.5, 0.6) is 0 Å². The second kappa shape index (κ2) is 9.72. The van der Waals surface area contributed by atoms with Gasteiger partial charge in [-0.15, -0.1) is 0 Å². The zero-order chi connectivity index (χ0) is 20.1. The number of hydrogen-bond acceptors (Lipinski definition) is 4. The lowest BCUT2D eigenvalue weighted by atomic mass is 9.94. The van der Waals surface area contributed by atoms with E-state index in [2.05, 4.69) is 19.2 Å². The molecule has 2 heterocycles. The van der Waals surface area contributed by atoms with E-state index in [-0.39, 0.29) is 24.0 Å². The minimum atomic E-state index is -0.529. The van der Waals surface area contributed by atoms with E-state index in [0.717, 1.165) is 12.8 Å². The highest BCUT2D eigenvalue weighted by atomic mass is 35.5. The maximum absolute atomic E-state index is 13.1. The number of carbonyl (C=O) groups excluding carboxylic acids is 2. The van der Waals surface area contributed by atoms with Crippen LogP contribution in [0.15, 0.2) is 24.3 Å². The van der Waals surface area contributed by atoms with Gasteiger partial charge in [-0.1, -0.05) is 25.4 Å². The smallest absolute Gasteiger partial charge is 0.251 e. The lowest BCUT2D eigenvalue weighted by molar-refractivity contribution is -0.139. The Morgan fingerprint density at radius 3 is 2.32 bits per heavy atom. The maximum atomic E-state index is 13.1. The van der Waals surface area contributed by atoms with Gasteiger partial charge >= 0.3 is 0 Å². The van der Waals surface area contributed by atoms with Crippen LogP contribution in [0.1, 0.15) is 43.5 Å². The fourth-order valence-corrected chi connectivity index (χ4v) is 3.92. The molecule has 1 atom stereocenters. The van der Waals surface area contributed by atoms with Gasteiger partial charge in [0.25, 0.3) is 5.91 Å². The van der Waals surface area contributed by atoms with Gasteiger partial charge in [-0.2, -0.15) is 0 Å². The Morgan fingerprint density at radius 2 is 1.75 bits per heavy atom. The van der Waals surface area contributed by atoms with Gasteiger partial charge in [0, 0.05) is 29.6 Å². The van der Waals surface area contributed by atoms with Crippen LogP contribution < -0.4 is 5.32 Å². The largest absolute Gasteiger partial charge is 0.350 e. The molecule has 0 aliphatic carbocycles. The molecule has 2 amide bonds. The third-order valence-electron chi connectivity index (χ3n) is 5.30. The quantitative estimate of drug-likeness (QED) is 0.785. The fraction of sp³-hybridized carbons (Fsp3) is 0.619. The predicted octanol–water partition coefficient (Wildman–Crippen LogP) is 3.10. The van der Waals surface area contributed by atoms with E-state index >= 15 is 0 Å². The number of rotatable bonds is 6. The highest BCUT2D eigenvalue weighted by Gasteiger charge is 2.34. The predicted molar refractivity (Wildman–Crippen MR) is 107 cm³/mol. The summed E-state index contributed by atoms with van der Waals surface area (Å²) < 4.78 is 11.2. The van der Waals surface area contributed by atoms with Crippen molar-refractivity contribution in [3.63, 3.8) is 0 Å². The number of nitrogens with zero attached hydrogens (tertiary/aromatic N) is 1. The first-order valence-electron chi connectivity index (χ1n) is 10.0. The molecule has 1 unspecified atom stereocenters. The molecule has 3 rings (SSSR count). The number of nitrogens with one attached hydrogen (secondary N) is 1. The summed E-state index contributed by atoms with van der Waals surface area (Å²) in [5.41, 5.74) is 0.500. The van der Waals surface area contributed by atoms with Gasteiger partial charge in [0.2, 0.25) is 5.91 Å². The third-order valence-corrected chi connectivity index (χ3v) is 5.55. The lowest BCUT2D eigenvalue weighted by Gasteiger charge is -2.36. The molecule has 2 saturated heterocycles. The molecule has 7 heteroatoms. The molecule has 2 aliphatic rings. The van der Waals surface area contributed by atoms with Gasteiger partial charge in [0.15, 0.2) is 6.29 Å². The summed E-state index contributed by atoms with van der Waals surface area (Å²) in [4.78, 5) is 27.6. The molecule has 0 radical (unpaired) electrons. The van der Waals surface area contributed by atoms with Crippen LogP contribution in [0.2, 0.25) is 5.02 Å². The van der Waals surface area contributed by atoms with E-state index < -0.39 is 6.04 Å². The van der Waals surface area contributed by atoms with Crippen LogP contribution >= 0.6 is 11.6 Å². The van der Waals surface area contributed by atoms with Gasteiger partial charge in [-0.25, -0.2) is 0 Å². The first-order valence-corrected chi connectivity index (χ1v) is 10.4. The summed E-state index contributed by atoms with van der Waals surface area (Å²) in [7, 11) is 0. The normalized spacial score (nSPS) is 19.8. The third kappa shape index (κ3) is 5.46. The highest BCUT2D eigenvalue weighted by molar-refractivity contribution is 6.30. The second-order valence-electron chi connectivity index (χ2n) is 7.94. The van der Waals surface area contributed by atoms with Crippen LogP contribution in [0.3, 0.4) is 0 Å². The molecule has 0 saturated carbocycles. The Bertz CT molecular complexity index is 665. The molecule has 1 aromatic carbocycles. The molecule has 0 bridgehead atoms. The molecule has 2 fully saturated rings. The summed E-state index contributed by atoms with van der Waals surface area (Å²) in [6, 6.07) is 6.16. The summed E-state index contributed by atoms with van der Waals surface area (Å²) in [5.74, 6) is 0.358. The minimum Gasteiger partial charge on any atom is -0.350 e. The van der Waals surface area contributed by atoms with E-state index in [1.807, 2.05) is 4.90 Å². The molecule has 0 aromatic heterocycles. The lowest BCUT2D eigenvalue weighted by Crippen LogP contribution is -2.51. The number of carbonyl (C=O) groups is 2. The van der Waals surface area contributed by atoms with Gasteiger partial charge in [0.1, 0.15) is 6.04 Å². The topological polar surface area (TPSA) is 67.9 Å². The van der Waals surface area contributed by atoms with E-state index in [1.165, 1.54) is 0 Å². The Labute approximate surface area is 171 Å². The van der Waals surface area contributed by atoms with Gasteiger partial charge in [-0.05, 0) is 49.4 Å². The van der Waals surface area contributed by atoms with Gasteiger partial charge < -0.3 is 19.7 Å². The van der Waals surface area contributed by atoms with Crippen molar-refractivity contribution in [2.24, 2.45) is 11.8 Å². The maximum Gasteiger partial charge on any atom is 0.251 e. The number of hydrogen-bond donors (Lipinski definition) is 1. The SMILES string of the molecule is CC(C)CC(NC(=O)c1ccc(Cl)cc1)C(=O)N1CCC(C2OCCO2)CC1. The molecular weight excluding hydrogens is 380 g/mol. The van der Waals surface area contributed by atoms with E-state index in [4.69, 9.17) is 21.1 Å². The van der Waals surface area contributed by atoms with Crippen LogP contribution in [0, 0.1) is 11.8 Å². The van der Waals surface area contributed by atoms with Crippen LogP contribution in [0.4, 0.5) is 0 Å². The van der Waals surface area contributed by atoms with E-state index in [9.17, 15) is 9.59 Å². The summed E-state index contributed by atoms with van der Waals surface area (Å²) >= 11 is 5.89. The zero-order valence-corrected chi connectivity index (χ0v) is 17.3. The monoisotopic (exact) mass is 408 g/mol. The Morgan fingerprint density at radius 1 is 1.14 bits per heavy atom. The number of ether oxygens (including phenoxy) is 2. The molecule has 0 spiro atoms. The molecular formula is C21H29ClN2O4. The molecule has 1 aromatic rings. The molecule has 154 valence electrons. The summed E-state index contributed by atoms with van der Waals surface area (Å²) in [6.45, 7) is 6.73. The summed E-state index contributed by atoms with van der Waals surface area (Å²) in [6.07, 6.45) is 2.19. The average Bonchev–Trinajstić information content (AvgIpc) is 3.22.